The van der Waals surface area contributed by atoms with E-state index in [4.69, 9.17) is 20.8 Å². The van der Waals surface area contributed by atoms with Crippen LogP contribution in [0.3, 0.4) is 0 Å². The summed E-state index contributed by atoms with van der Waals surface area (Å²) in [5.41, 5.74) is 1.83. The zero-order valence-electron chi connectivity index (χ0n) is 19.4. The molecule has 8 nitrogen and oxygen atoms in total. The Balaban J connectivity index is 1.69. The minimum atomic E-state index is -0.501. The topological polar surface area (TPSA) is 95.2 Å². The SMILES string of the molecule is CN(CCO)C(=O)c1cc(CCNc2ccc(F)c(Cl)c2)c2oc(N3CCOCC3)cc(=O)c2c1. The number of morpholine rings is 1. The maximum Gasteiger partial charge on any atom is 0.253 e. The molecule has 2 heterocycles. The number of likely N-dealkylation sites (N-methyl/N-ethyl adjacent to an activating group) is 1. The molecule has 186 valence electrons. The fourth-order valence-electron chi connectivity index (χ4n) is 3.98. The number of nitrogens with one attached hydrogen (secondary N) is 1. The Bertz CT molecular complexity index is 1280. The molecule has 0 bridgehead atoms. The lowest BCUT2D eigenvalue weighted by molar-refractivity contribution is 0.0767. The lowest BCUT2D eigenvalue weighted by Gasteiger charge is -2.27. The molecule has 0 spiro atoms. The van der Waals surface area contributed by atoms with Crippen molar-refractivity contribution >= 4 is 40.0 Å². The summed E-state index contributed by atoms with van der Waals surface area (Å²) in [5.74, 6) is -0.349. The van der Waals surface area contributed by atoms with Crippen LogP contribution in [0.4, 0.5) is 16.0 Å². The van der Waals surface area contributed by atoms with Crippen LogP contribution in [0.5, 0.6) is 0 Å². The van der Waals surface area contributed by atoms with Crippen molar-refractivity contribution in [3.63, 3.8) is 0 Å². The number of amides is 1. The normalized spacial score (nSPS) is 13.8. The molecule has 2 aromatic carbocycles. The number of fused-ring (bicyclic) bond motifs is 1. The Kier molecular flexibility index (Phi) is 7.90. The fourth-order valence-corrected chi connectivity index (χ4v) is 4.17. The number of halogens is 2. The molecular formula is C25H27ClFN3O5. The highest BCUT2D eigenvalue weighted by molar-refractivity contribution is 6.31. The second kappa shape index (κ2) is 11.1. The number of nitrogens with zero attached hydrogens (tertiary/aromatic N) is 2. The molecule has 1 amide bonds. The van der Waals surface area contributed by atoms with Gasteiger partial charge in [-0.15, -0.1) is 0 Å². The molecular weight excluding hydrogens is 477 g/mol. The molecule has 1 aliphatic heterocycles. The molecule has 0 unspecified atom stereocenters. The van der Waals surface area contributed by atoms with Gasteiger partial charge in [0.1, 0.15) is 11.4 Å². The van der Waals surface area contributed by atoms with E-state index in [0.29, 0.717) is 72.9 Å². The third-order valence-corrected chi connectivity index (χ3v) is 6.18. The highest BCUT2D eigenvalue weighted by Gasteiger charge is 2.20. The summed E-state index contributed by atoms with van der Waals surface area (Å²) in [6.45, 7) is 2.74. The van der Waals surface area contributed by atoms with E-state index in [-0.39, 0.29) is 29.5 Å². The highest BCUT2D eigenvalue weighted by Crippen LogP contribution is 2.26. The van der Waals surface area contributed by atoms with Crippen LogP contribution in [-0.4, -0.2) is 69.0 Å². The summed E-state index contributed by atoms with van der Waals surface area (Å²) in [6, 6.07) is 9.06. The summed E-state index contributed by atoms with van der Waals surface area (Å²) < 4.78 is 25.1. The van der Waals surface area contributed by atoms with Crippen LogP contribution < -0.4 is 15.6 Å². The monoisotopic (exact) mass is 503 g/mol. The molecule has 1 aliphatic rings. The largest absolute Gasteiger partial charge is 0.440 e. The van der Waals surface area contributed by atoms with Gasteiger partial charge in [0.25, 0.3) is 5.91 Å². The quantitative estimate of drug-likeness (QED) is 0.487. The molecule has 0 saturated carbocycles. The van der Waals surface area contributed by atoms with E-state index in [0.717, 1.165) is 0 Å². The Labute approximate surface area is 206 Å². The molecule has 1 fully saturated rings. The number of hydrogen-bond donors (Lipinski definition) is 2. The third-order valence-electron chi connectivity index (χ3n) is 5.89. The highest BCUT2D eigenvalue weighted by atomic mass is 35.5. The van der Waals surface area contributed by atoms with Crippen LogP contribution in [0.15, 0.2) is 45.6 Å². The van der Waals surface area contributed by atoms with Gasteiger partial charge in [-0.2, -0.15) is 0 Å². The maximum absolute atomic E-state index is 13.5. The molecule has 1 aromatic heterocycles. The second-order valence-corrected chi connectivity index (χ2v) is 8.72. The van der Waals surface area contributed by atoms with Gasteiger partial charge in [-0.3, -0.25) is 9.59 Å². The molecule has 0 aliphatic carbocycles. The first kappa shape index (κ1) is 25.0. The molecule has 0 atom stereocenters. The zero-order chi connectivity index (χ0) is 24.9. The molecule has 3 aromatic rings. The minimum absolute atomic E-state index is 0.0149. The Morgan fingerprint density at radius 1 is 1.23 bits per heavy atom. The van der Waals surface area contributed by atoms with E-state index in [1.165, 1.54) is 29.2 Å². The first-order valence-corrected chi connectivity index (χ1v) is 11.7. The van der Waals surface area contributed by atoms with Gasteiger partial charge in [0.2, 0.25) is 0 Å². The summed E-state index contributed by atoms with van der Waals surface area (Å²) in [6.07, 6.45) is 0.422. The molecule has 10 heteroatoms. The fraction of sp³-hybridized carbons (Fsp3) is 0.360. The zero-order valence-corrected chi connectivity index (χ0v) is 20.1. The average molecular weight is 504 g/mol. The lowest BCUT2D eigenvalue weighted by atomic mass is 10.0. The van der Waals surface area contributed by atoms with Gasteiger partial charge < -0.3 is 29.4 Å². The van der Waals surface area contributed by atoms with Crippen molar-refractivity contribution in [2.24, 2.45) is 0 Å². The van der Waals surface area contributed by atoms with Gasteiger partial charge >= 0.3 is 0 Å². The molecule has 4 rings (SSSR count). The number of carbonyl (C=O) groups excluding carboxylic acids is 1. The van der Waals surface area contributed by atoms with Gasteiger partial charge in [-0.1, -0.05) is 11.6 Å². The van der Waals surface area contributed by atoms with Crippen molar-refractivity contribution in [2.45, 2.75) is 6.42 Å². The number of benzene rings is 2. The van der Waals surface area contributed by atoms with Crippen molar-refractivity contribution in [2.75, 3.05) is 63.3 Å². The minimum Gasteiger partial charge on any atom is -0.440 e. The lowest BCUT2D eigenvalue weighted by Crippen LogP contribution is -2.36. The predicted molar refractivity (Wildman–Crippen MR) is 133 cm³/mol. The van der Waals surface area contributed by atoms with Gasteiger partial charge in [-0.25, -0.2) is 4.39 Å². The van der Waals surface area contributed by atoms with Crippen molar-refractivity contribution in [3.8, 4) is 0 Å². The molecule has 0 radical (unpaired) electrons. The predicted octanol–water partition coefficient (Wildman–Crippen LogP) is 3.14. The van der Waals surface area contributed by atoms with Gasteiger partial charge in [0.15, 0.2) is 11.3 Å². The van der Waals surface area contributed by atoms with Gasteiger partial charge in [0, 0.05) is 50.5 Å². The molecule has 35 heavy (non-hydrogen) atoms. The van der Waals surface area contributed by atoms with Crippen LogP contribution in [-0.2, 0) is 11.2 Å². The third kappa shape index (κ3) is 5.75. The van der Waals surface area contributed by atoms with Crippen molar-refractivity contribution in [3.05, 3.63) is 68.6 Å². The standard InChI is InChI=1S/C25H27ClFN3O5/c1-29(6-9-31)25(33)17-12-16(4-5-28-18-2-3-21(27)20(26)14-18)24-19(13-17)22(32)15-23(35-24)30-7-10-34-11-8-30/h2-3,12-15,28,31H,4-11H2,1H3. The van der Waals surface area contributed by atoms with Gasteiger partial charge in [-0.05, 0) is 42.3 Å². The van der Waals surface area contributed by atoms with Crippen LogP contribution in [0.1, 0.15) is 15.9 Å². The Morgan fingerprint density at radius 2 is 2.00 bits per heavy atom. The summed E-state index contributed by atoms with van der Waals surface area (Å²) in [5, 5.41) is 12.7. The van der Waals surface area contributed by atoms with Crippen LogP contribution >= 0.6 is 11.6 Å². The van der Waals surface area contributed by atoms with Crippen LogP contribution in [0.2, 0.25) is 5.02 Å². The number of rotatable bonds is 8. The van der Waals surface area contributed by atoms with Crippen molar-refractivity contribution in [1.29, 1.82) is 0 Å². The number of hydrogen-bond acceptors (Lipinski definition) is 7. The number of aliphatic hydroxyl groups excluding tert-OH is 1. The number of carbonyl (C=O) groups is 1. The van der Waals surface area contributed by atoms with E-state index in [9.17, 15) is 19.1 Å². The van der Waals surface area contributed by atoms with E-state index in [2.05, 4.69) is 5.32 Å². The second-order valence-electron chi connectivity index (χ2n) is 8.32. The van der Waals surface area contributed by atoms with Crippen LogP contribution in [0, 0.1) is 5.82 Å². The maximum atomic E-state index is 13.5. The van der Waals surface area contributed by atoms with E-state index in [1.807, 2.05) is 4.90 Å². The molecule has 1 saturated heterocycles. The van der Waals surface area contributed by atoms with Crippen molar-refractivity contribution < 1.29 is 23.4 Å². The number of aliphatic hydroxyl groups is 1. The Morgan fingerprint density at radius 3 is 2.71 bits per heavy atom. The first-order chi connectivity index (χ1) is 16.9. The van der Waals surface area contributed by atoms with E-state index in [1.54, 1.807) is 19.2 Å². The number of anilines is 2. The Hall–Kier alpha value is -3.14. The smallest absolute Gasteiger partial charge is 0.253 e. The average Bonchev–Trinajstić information content (AvgIpc) is 2.86. The summed E-state index contributed by atoms with van der Waals surface area (Å²) >= 11 is 5.87. The van der Waals surface area contributed by atoms with Gasteiger partial charge in [0.05, 0.1) is 30.2 Å². The van der Waals surface area contributed by atoms with E-state index >= 15 is 0 Å². The summed E-state index contributed by atoms with van der Waals surface area (Å²) in [7, 11) is 1.59. The number of ether oxygens (including phenoxy) is 1. The van der Waals surface area contributed by atoms with Crippen molar-refractivity contribution in [1.82, 2.24) is 4.90 Å². The summed E-state index contributed by atoms with van der Waals surface area (Å²) in [4.78, 5) is 29.4. The van der Waals surface area contributed by atoms with Crippen LogP contribution in [0.25, 0.3) is 11.0 Å². The van der Waals surface area contributed by atoms with E-state index < -0.39 is 5.82 Å². The molecule has 2 N–H and O–H groups in total. The first-order valence-electron chi connectivity index (χ1n) is 11.4.